The number of aryl methyl sites for hydroxylation is 4. The van der Waals surface area contributed by atoms with Crippen molar-refractivity contribution < 1.29 is 19.1 Å². The Morgan fingerprint density at radius 1 is 0.583 bits per heavy atom. The Kier molecular flexibility index (Phi) is 16.3. The number of ether oxygens (including phenoxy) is 1. The van der Waals surface area contributed by atoms with Crippen molar-refractivity contribution in [3.8, 4) is 22.5 Å². The van der Waals surface area contributed by atoms with Gasteiger partial charge in [0.25, 0.3) is 0 Å². The van der Waals surface area contributed by atoms with Crippen molar-refractivity contribution in [1.29, 1.82) is 0 Å². The molecule has 0 aliphatic carbocycles. The maximum atomic E-state index is 11.6. The first-order valence-electron chi connectivity index (χ1n) is 24.3. The van der Waals surface area contributed by atoms with Gasteiger partial charge in [0, 0.05) is 155 Å². The van der Waals surface area contributed by atoms with Gasteiger partial charge >= 0.3 is 11.9 Å². The Bertz CT molecular complexity index is 3180. The zero-order valence-corrected chi connectivity index (χ0v) is 42.0. The van der Waals surface area contributed by atoms with Crippen LogP contribution in [-0.4, -0.2) is 97.6 Å². The van der Waals surface area contributed by atoms with E-state index in [9.17, 15) is 14.4 Å². The molecule has 1 amide bonds. The first-order valence-corrected chi connectivity index (χ1v) is 24.3. The van der Waals surface area contributed by atoms with Gasteiger partial charge in [-0.1, -0.05) is 12.1 Å². The minimum Gasteiger partial charge on any atom is -0.394 e. The summed E-state index contributed by atoms with van der Waals surface area (Å²) in [7, 11) is 0. The Morgan fingerprint density at radius 2 is 1.04 bits per heavy atom. The molecule has 0 spiro atoms. The van der Waals surface area contributed by atoms with Crippen LogP contribution in [0.5, 0.6) is 0 Å². The number of fused-ring (bicyclic) bond motifs is 2. The predicted molar refractivity (Wildman–Crippen MR) is 276 cm³/mol. The molecule has 372 valence electrons. The molecule has 72 heavy (non-hydrogen) atoms. The van der Waals surface area contributed by atoms with Crippen molar-refractivity contribution in [3.63, 3.8) is 0 Å². The number of piperidine rings is 2. The topological polar surface area (TPSA) is 212 Å². The average molecular weight is 971 g/mol. The van der Waals surface area contributed by atoms with Crippen LogP contribution in [0.15, 0.2) is 98.4 Å². The second-order valence-electron chi connectivity index (χ2n) is 18.3. The molecule has 10 heterocycles. The van der Waals surface area contributed by atoms with E-state index >= 15 is 0 Å². The van der Waals surface area contributed by atoms with Gasteiger partial charge in [-0.05, 0) is 113 Å². The van der Waals surface area contributed by atoms with Gasteiger partial charge in [-0.15, -0.1) is 0 Å². The predicted octanol–water partition coefficient (Wildman–Crippen LogP) is 8.12. The lowest BCUT2D eigenvalue weighted by atomic mass is 9.94. The van der Waals surface area contributed by atoms with Gasteiger partial charge in [-0.2, -0.15) is 0 Å². The highest BCUT2D eigenvalue weighted by Gasteiger charge is 2.25. The second kappa shape index (κ2) is 23.3. The van der Waals surface area contributed by atoms with Crippen LogP contribution in [0.1, 0.15) is 103 Å². The Morgan fingerprint density at radius 3 is 1.44 bits per heavy atom. The fraction of sp³-hybridized carbons (Fsp3) is 0.352. The highest BCUT2D eigenvalue weighted by Crippen LogP contribution is 2.31. The van der Waals surface area contributed by atoms with Crippen LogP contribution in [0.3, 0.4) is 0 Å². The number of esters is 2. The van der Waals surface area contributed by atoms with E-state index in [1.54, 1.807) is 6.92 Å². The molecule has 2 aliphatic rings. The zero-order valence-electron chi connectivity index (χ0n) is 42.0. The minimum atomic E-state index is -0.562. The van der Waals surface area contributed by atoms with Gasteiger partial charge in [0.15, 0.2) is 22.9 Å². The highest BCUT2D eigenvalue weighted by atomic mass is 16.6. The molecule has 8 aromatic heterocycles. The molecule has 3 N–H and O–H groups in total. The molecular weight excluding hydrogens is 909 g/mol. The Balaban J connectivity index is 0.000000171. The Hall–Kier alpha value is -7.99. The smallest absolute Gasteiger partial charge is 0.310 e. The number of hydrogen-bond donors (Lipinski definition) is 3. The maximum absolute atomic E-state index is 11.6. The van der Waals surface area contributed by atoms with E-state index in [0.29, 0.717) is 24.9 Å². The molecule has 18 heteroatoms. The van der Waals surface area contributed by atoms with Crippen LogP contribution in [0.25, 0.3) is 33.8 Å². The molecule has 10 rings (SSSR count). The molecule has 18 nitrogen and oxygen atoms in total. The number of likely N-dealkylation sites (tertiary alicyclic amines) is 1. The van der Waals surface area contributed by atoms with Gasteiger partial charge in [-0.25, -0.2) is 19.9 Å². The third-order valence-corrected chi connectivity index (χ3v) is 12.8. The first kappa shape index (κ1) is 50.4. The number of nitrogens with one attached hydrogen (secondary N) is 3. The summed E-state index contributed by atoms with van der Waals surface area (Å²) in [6.07, 6.45) is 23.3. The third kappa shape index (κ3) is 12.5. The molecule has 2 saturated heterocycles. The quantitative estimate of drug-likeness (QED) is 0.0873. The molecule has 2 fully saturated rings. The number of pyridine rings is 4. The average Bonchev–Trinajstić information content (AvgIpc) is 4.01. The lowest BCUT2D eigenvalue weighted by Gasteiger charge is -2.31. The van der Waals surface area contributed by atoms with E-state index in [2.05, 4.69) is 97.5 Å². The van der Waals surface area contributed by atoms with Crippen LogP contribution in [-0.2, 0) is 32.2 Å². The van der Waals surface area contributed by atoms with Gasteiger partial charge in [0.1, 0.15) is 0 Å². The van der Waals surface area contributed by atoms with Crippen molar-refractivity contribution in [2.24, 2.45) is 0 Å². The number of anilines is 2. The molecule has 0 atom stereocenters. The number of hydrogen-bond acceptors (Lipinski definition) is 15. The molecule has 8 aromatic rings. The summed E-state index contributed by atoms with van der Waals surface area (Å²) < 4.78 is 8.28. The van der Waals surface area contributed by atoms with E-state index in [1.165, 1.54) is 25.2 Å². The summed E-state index contributed by atoms with van der Waals surface area (Å²) >= 11 is 0. The molecule has 0 unspecified atom stereocenters. The molecule has 2 aliphatic heterocycles. The summed E-state index contributed by atoms with van der Waals surface area (Å²) in [4.78, 5) is 69.6. The number of imidazole rings is 2. The Labute approximate surface area is 419 Å². The van der Waals surface area contributed by atoms with Gasteiger partial charge in [0.05, 0.1) is 11.4 Å². The van der Waals surface area contributed by atoms with Crippen molar-refractivity contribution in [2.45, 2.75) is 99.1 Å². The van der Waals surface area contributed by atoms with Gasteiger partial charge in [0.2, 0.25) is 5.91 Å². The number of aromatic nitrogens is 10. The number of nitrogens with zero attached hydrogens (tertiary/aromatic N) is 11. The van der Waals surface area contributed by atoms with E-state index in [1.807, 2.05) is 92.8 Å². The van der Waals surface area contributed by atoms with Crippen molar-refractivity contribution in [1.82, 2.24) is 58.9 Å². The molecule has 0 aromatic carbocycles. The lowest BCUT2D eigenvalue weighted by Crippen LogP contribution is -2.36. The fourth-order valence-electron chi connectivity index (χ4n) is 9.36. The van der Waals surface area contributed by atoms with E-state index < -0.39 is 11.9 Å². The van der Waals surface area contributed by atoms with Crippen molar-refractivity contribution in [3.05, 3.63) is 143 Å². The minimum absolute atomic E-state index is 0.154. The van der Waals surface area contributed by atoms with Gasteiger partial charge in [-0.3, -0.25) is 43.1 Å². The second-order valence-corrected chi connectivity index (χ2v) is 18.3. The van der Waals surface area contributed by atoms with E-state index in [0.717, 1.165) is 131 Å². The normalized spacial score (nSPS) is 14.0. The van der Waals surface area contributed by atoms with Crippen LogP contribution in [0.4, 0.5) is 11.6 Å². The SMILES string of the molecule is CC(=O)N1CCC(c2cnc3c(NCc4cnc(-c5ccnc(C)c5)c(C)c4)nccn23)CC1.CC(=O)OC(C)=O.Cc1cc(-c2ncc(CNc3nccn4c(C5CCNCC5)cnc34)cc2C)ccn1. The van der Waals surface area contributed by atoms with Crippen LogP contribution < -0.4 is 16.0 Å². The van der Waals surface area contributed by atoms with Gasteiger partial charge < -0.3 is 25.6 Å². The van der Waals surface area contributed by atoms with E-state index in [4.69, 9.17) is 9.97 Å². The van der Waals surface area contributed by atoms with Crippen molar-refractivity contribution in [2.75, 3.05) is 36.8 Å². The van der Waals surface area contributed by atoms with Crippen molar-refractivity contribution >= 4 is 40.8 Å². The summed E-state index contributed by atoms with van der Waals surface area (Å²) in [6.45, 7) is 17.1. The standard InChI is InChI=1S/C26H29N7O.C24H27N7.C4H6O3/c1-17-12-20(14-29-24(17)22-4-7-27-18(2)13-22)15-30-25-26-31-16-23(33(26)11-8-28-25)21-5-9-32(10-6-21)19(3)34;1-16-11-18(13-28-22(16)20-5-8-26-17(2)12-20)14-29-23-24-30-15-21(31(24)10-9-27-23)19-3-6-25-7-4-19;1-3(5)7-4(2)6/h4,7-8,11-14,16,21H,5-6,9-10,15H2,1-3H3,(H,28,30);5,8-13,15,19,25H,3-4,6-7,14H2,1-2H3,(H,27,29);1-2H3. The number of amides is 1. The zero-order chi connectivity index (χ0) is 50.7. The molecular formula is C54H62N14O4. The molecule has 0 saturated carbocycles. The molecule has 0 bridgehead atoms. The largest absolute Gasteiger partial charge is 0.394 e. The fourth-order valence-corrected chi connectivity index (χ4v) is 9.36. The highest BCUT2D eigenvalue weighted by molar-refractivity contribution is 5.82. The van der Waals surface area contributed by atoms with Crippen LogP contribution >= 0.6 is 0 Å². The summed E-state index contributed by atoms with van der Waals surface area (Å²) in [5, 5.41) is 10.3. The summed E-state index contributed by atoms with van der Waals surface area (Å²) in [5.41, 5.74) is 14.7. The lowest BCUT2D eigenvalue weighted by molar-refractivity contribution is -0.156. The van der Waals surface area contributed by atoms with Crippen LogP contribution in [0.2, 0.25) is 0 Å². The maximum Gasteiger partial charge on any atom is 0.310 e. The number of rotatable bonds is 10. The first-order chi connectivity index (χ1) is 34.8. The van der Waals surface area contributed by atoms with Crippen LogP contribution in [0, 0.1) is 27.7 Å². The number of carbonyl (C=O) groups is 3. The number of carbonyl (C=O) groups excluding carboxylic acids is 3. The summed E-state index contributed by atoms with van der Waals surface area (Å²) in [6, 6.07) is 12.4. The molecule has 0 radical (unpaired) electrons. The summed E-state index contributed by atoms with van der Waals surface area (Å²) in [5.74, 6) is 1.51. The monoisotopic (exact) mass is 971 g/mol. The third-order valence-electron chi connectivity index (χ3n) is 12.8. The van der Waals surface area contributed by atoms with E-state index in [-0.39, 0.29) is 5.91 Å².